The molecule has 0 fully saturated rings. The maximum atomic E-state index is 7.04. The van der Waals surface area contributed by atoms with Crippen molar-refractivity contribution in [3.05, 3.63) is 71.8 Å². The minimum absolute atomic E-state index is 0.756. The number of furan rings is 2. The van der Waals surface area contributed by atoms with Crippen LogP contribution < -0.4 is 7.55 Å². The molecule has 2 heterocycles. The summed E-state index contributed by atoms with van der Waals surface area (Å²) in [6.07, 6.45) is 12.6. The van der Waals surface area contributed by atoms with Gasteiger partial charge in [-0.3, -0.25) is 0 Å². The van der Waals surface area contributed by atoms with Gasteiger partial charge >= 0.3 is 276 Å². The molecule has 0 radical (unpaired) electrons. The van der Waals surface area contributed by atoms with Gasteiger partial charge in [0.25, 0.3) is 0 Å². The Hall–Kier alpha value is -1.66. The van der Waals surface area contributed by atoms with E-state index in [1.165, 1.54) is 103 Å². The van der Waals surface area contributed by atoms with Gasteiger partial charge in [0.05, 0.1) is 0 Å². The molecule has 2 nitrogen and oxygen atoms in total. The summed E-state index contributed by atoms with van der Waals surface area (Å²) < 4.78 is 16.5. The van der Waals surface area contributed by atoms with Crippen molar-refractivity contribution in [2.45, 2.75) is 122 Å². The third-order valence-electron chi connectivity index (χ3n) is 10.6. The fourth-order valence-electron chi connectivity index (χ4n) is 7.25. The second-order valence-corrected chi connectivity index (χ2v) is 45.1. The summed E-state index contributed by atoms with van der Waals surface area (Å²) in [4.78, 5) is 14.7. The molecule has 0 amide bonds. The van der Waals surface area contributed by atoms with Gasteiger partial charge in [0.15, 0.2) is 0 Å². The quantitative estimate of drug-likeness (QED) is 0.0924. The first-order chi connectivity index (χ1) is 22.9. The van der Waals surface area contributed by atoms with Crippen LogP contribution in [0.2, 0.25) is 29.6 Å². The van der Waals surface area contributed by atoms with Crippen LogP contribution in [0.1, 0.15) is 90.2 Å². The fraction of sp³-hybridized carbons (Fsp3) is 0.500. The molecule has 258 valence electrons. The Morgan fingerprint density at radius 1 is 0.521 bits per heavy atom. The minimum atomic E-state index is -2.56. The Balaban J connectivity index is 1.68. The van der Waals surface area contributed by atoms with Crippen molar-refractivity contribution in [2.24, 2.45) is 11.8 Å². The molecule has 0 aliphatic rings. The molecule has 0 aliphatic heterocycles. The summed E-state index contributed by atoms with van der Waals surface area (Å²) in [7, 11) is 0. The Bertz CT molecular complexity index is 1590. The summed E-state index contributed by atoms with van der Waals surface area (Å²) >= 11 is -5.12. The molecule has 0 saturated carbocycles. The molecular formula is C44H62O2Sn2. The van der Waals surface area contributed by atoms with E-state index in [0.29, 0.717) is 0 Å². The van der Waals surface area contributed by atoms with E-state index < -0.39 is 36.8 Å². The van der Waals surface area contributed by atoms with Crippen molar-refractivity contribution in [2.75, 3.05) is 0 Å². The predicted molar refractivity (Wildman–Crippen MR) is 217 cm³/mol. The molecule has 2 aromatic heterocycles. The molecule has 5 aromatic rings. The molecular weight excluding hydrogens is 798 g/mol. The number of benzene rings is 3. The Kier molecular flexibility index (Phi) is 12.6. The molecule has 3 aromatic carbocycles. The molecule has 4 heteroatoms. The van der Waals surface area contributed by atoms with Crippen LogP contribution >= 0.6 is 0 Å². The zero-order valence-corrected chi connectivity index (χ0v) is 37.5. The van der Waals surface area contributed by atoms with E-state index in [2.05, 4.69) is 118 Å². The van der Waals surface area contributed by atoms with E-state index in [9.17, 15) is 0 Å². The normalized spacial score (nSPS) is 13.9. The van der Waals surface area contributed by atoms with Gasteiger partial charge < -0.3 is 0 Å². The van der Waals surface area contributed by atoms with Crippen molar-refractivity contribution in [3.63, 3.8) is 0 Å². The number of unbranched alkanes of at least 4 members (excludes halogenated alkanes) is 2. The second-order valence-electron chi connectivity index (χ2n) is 16.6. The number of hydrogen-bond donors (Lipinski definition) is 0. The van der Waals surface area contributed by atoms with Crippen LogP contribution in [-0.4, -0.2) is 36.8 Å². The first kappa shape index (κ1) is 37.6. The van der Waals surface area contributed by atoms with Crippen LogP contribution in [-0.2, 0) is 12.8 Å². The van der Waals surface area contributed by atoms with E-state index in [0.717, 1.165) is 35.8 Å². The SMILES string of the molecule is CCCCC(CC)Cc1ccc(-c2c3c[c]([Sn]([CH3])([CH3])[CH3])oc3c(-c3ccc(CC(CC)CCCC)cc3)c3c[c]([Sn]([CH3])([CH3])[CH3])oc23)cc1. The van der Waals surface area contributed by atoms with Crippen LogP contribution in [0.25, 0.3) is 44.2 Å². The molecule has 0 N–H and O–H groups in total. The number of hydrogen-bond acceptors (Lipinski definition) is 2. The van der Waals surface area contributed by atoms with Crippen LogP contribution in [0, 0.1) is 11.8 Å². The molecule has 48 heavy (non-hydrogen) atoms. The van der Waals surface area contributed by atoms with E-state index in [1.54, 1.807) is 0 Å². The Morgan fingerprint density at radius 3 is 1.17 bits per heavy atom. The van der Waals surface area contributed by atoms with Gasteiger partial charge in [-0.15, -0.1) is 0 Å². The van der Waals surface area contributed by atoms with E-state index >= 15 is 0 Å². The summed E-state index contributed by atoms with van der Waals surface area (Å²) in [6, 6.07) is 23.7. The van der Waals surface area contributed by atoms with Crippen LogP contribution in [0.15, 0.2) is 69.5 Å². The van der Waals surface area contributed by atoms with E-state index in [-0.39, 0.29) is 0 Å². The summed E-state index contributed by atoms with van der Waals surface area (Å²) in [5, 5.41) is 2.42. The van der Waals surface area contributed by atoms with Crippen molar-refractivity contribution >= 4 is 66.2 Å². The van der Waals surface area contributed by atoms with Gasteiger partial charge in [-0.2, -0.15) is 0 Å². The van der Waals surface area contributed by atoms with Gasteiger partial charge in [0.1, 0.15) is 0 Å². The monoisotopic (exact) mass is 862 g/mol. The van der Waals surface area contributed by atoms with Crippen molar-refractivity contribution in [1.82, 2.24) is 0 Å². The van der Waals surface area contributed by atoms with Crippen molar-refractivity contribution < 1.29 is 8.83 Å². The first-order valence-electron chi connectivity index (χ1n) is 19.1. The zero-order valence-electron chi connectivity index (χ0n) is 31.8. The molecule has 0 spiro atoms. The molecule has 2 atom stereocenters. The third kappa shape index (κ3) is 8.61. The van der Waals surface area contributed by atoms with Gasteiger partial charge in [-0.25, -0.2) is 0 Å². The molecule has 2 unspecified atom stereocenters. The van der Waals surface area contributed by atoms with E-state index in [4.69, 9.17) is 8.83 Å². The molecule has 0 aliphatic carbocycles. The topological polar surface area (TPSA) is 26.3 Å². The number of fused-ring (bicyclic) bond motifs is 2. The van der Waals surface area contributed by atoms with Crippen LogP contribution in [0.3, 0.4) is 0 Å². The van der Waals surface area contributed by atoms with Crippen LogP contribution in [0.5, 0.6) is 0 Å². The van der Waals surface area contributed by atoms with Gasteiger partial charge in [-0.05, 0) is 0 Å². The van der Waals surface area contributed by atoms with Crippen molar-refractivity contribution in [1.29, 1.82) is 0 Å². The van der Waals surface area contributed by atoms with E-state index in [1.807, 2.05) is 0 Å². The average molecular weight is 860 g/mol. The number of rotatable bonds is 16. The zero-order chi connectivity index (χ0) is 34.6. The summed E-state index contributed by atoms with van der Waals surface area (Å²) in [5.74, 6) is 1.51. The summed E-state index contributed by atoms with van der Waals surface area (Å²) in [5.41, 5.74) is 9.83. The predicted octanol–water partition coefficient (Wildman–Crippen LogP) is 13.1. The summed E-state index contributed by atoms with van der Waals surface area (Å²) in [6.45, 7) is 9.29. The standard InChI is InChI=1S/C38H44O2.6CH3.2Sn/c1-5-9-11-27(7-3)25-29-13-17-31(18-14-29)35-33-21-23-40-38(33)36(34-22-24-39-37(34)35)32-19-15-30(16-20-32)26-28(8-4)12-10-6-2;;;;;;;;/h13-22,27-28H,5-12,25-26H2,1-4H3;6*1H3;;. The third-order valence-corrected chi connectivity index (χ3v) is 20.4. The average Bonchev–Trinajstić information content (AvgIpc) is 3.70. The maximum absolute atomic E-state index is 7.04. The fourth-order valence-corrected chi connectivity index (χ4v) is 12.9. The van der Waals surface area contributed by atoms with Gasteiger partial charge in [0.2, 0.25) is 0 Å². The molecule has 5 rings (SSSR count). The molecule has 0 saturated heterocycles. The first-order valence-corrected chi connectivity index (χ1v) is 39.1. The van der Waals surface area contributed by atoms with Gasteiger partial charge in [-0.1, -0.05) is 26.7 Å². The van der Waals surface area contributed by atoms with Crippen LogP contribution in [0.4, 0.5) is 0 Å². The second kappa shape index (κ2) is 16.1. The Labute approximate surface area is 300 Å². The van der Waals surface area contributed by atoms with Gasteiger partial charge in [0, 0.05) is 0 Å². The Morgan fingerprint density at radius 2 is 0.875 bits per heavy atom. The van der Waals surface area contributed by atoms with Crippen molar-refractivity contribution in [3.8, 4) is 22.3 Å². The molecule has 0 bridgehead atoms.